The van der Waals surface area contributed by atoms with Gasteiger partial charge in [-0.15, -0.1) is 0 Å². The van der Waals surface area contributed by atoms with Crippen LogP contribution < -0.4 is 5.32 Å². The van der Waals surface area contributed by atoms with Crippen molar-refractivity contribution < 1.29 is 5.11 Å². The molecule has 0 saturated heterocycles. The maximum Gasteiger partial charge on any atom is 0.0771 e. The molecule has 0 spiro atoms. The lowest BCUT2D eigenvalue weighted by atomic mass is 10.0. The minimum absolute atomic E-state index is 0.488. The summed E-state index contributed by atoms with van der Waals surface area (Å²) < 4.78 is 0. The number of hydrogen-bond donors (Lipinski definition) is 2. The smallest absolute Gasteiger partial charge is 0.0771 e. The van der Waals surface area contributed by atoms with E-state index in [-0.39, 0.29) is 0 Å². The van der Waals surface area contributed by atoms with Crippen molar-refractivity contribution in [1.82, 2.24) is 10.3 Å². The van der Waals surface area contributed by atoms with Crippen LogP contribution in [0, 0.1) is 0 Å². The van der Waals surface area contributed by atoms with E-state index in [0.29, 0.717) is 6.54 Å². The lowest BCUT2D eigenvalue weighted by Crippen LogP contribution is -2.37. The first-order chi connectivity index (χ1) is 9.27. The Labute approximate surface area is 113 Å². The number of fused-ring (bicyclic) bond motifs is 1. The fourth-order valence-corrected chi connectivity index (χ4v) is 2.95. The summed E-state index contributed by atoms with van der Waals surface area (Å²) in [6.45, 7) is 1.44. The van der Waals surface area contributed by atoms with Crippen molar-refractivity contribution in [2.75, 3.05) is 6.54 Å². The van der Waals surface area contributed by atoms with E-state index < -0.39 is 5.60 Å². The van der Waals surface area contributed by atoms with E-state index in [2.05, 4.69) is 34.6 Å². The molecule has 100 valence electrons. The van der Waals surface area contributed by atoms with Gasteiger partial charge in [0.2, 0.25) is 0 Å². The molecule has 3 heteroatoms. The fraction of sp³-hybridized carbons (Fsp3) is 0.438. The van der Waals surface area contributed by atoms with Gasteiger partial charge in [-0.05, 0) is 24.5 Å². The third-order valence-electron chi connectivity index (χ3n) is 4.02. The number of aliphatic hydroxyl groups is 1. The van der Waals surface area contributed by atoms with Gasteiger partial charge in [-0.2, -0.15) is 0 Å². The number of benzene rings is 1. The highest BCUT2D eigenvalue weighted by Gasteiger charge is 2.30. The van der Waals surface area contributed by atoms with Crippen LogP contribution in [0.5, 0.6) is 0 Å². The highest BCUT2D eigenvalue weighted by molar-refractivity contribution is 5.81. The van der Waals surface area contributed by atoms with Crippen molar-refractivity contribution in [1.29, 1.82) is 0 Å². The standard InChI is InChI=1S/C16H20N2O/c19-16(8-1-2-9-16)12-17-11-14-6-3-5-13-7-4-10-18-15(13)14/h3-7,10,17,19H,1-2,8-9,11-12H2. The predicted octanol–water partition coefficient (Wildman–Crippen LogP) is 2.63. The first-order valence-electron chi connectivity index (χ1n) is 7.03. The molecule has 0 amide bonds. The summed E-state index contributed by atoms with van der Waals surface area (Å²) in [5.74, 6) is 0. The van der Waals surface area contributed by atoms with E-state index in [0.717, 1.165) is 37.7 Å². The van der Waals surface area contributed by atoms with Crippen LogP contribution in [-0.4, -0.2) is 22.2 Å². The van der Waals surface area contributed by atoms with Gasteiger partial charge in [0.1, 0.15) is 0 Å². The molecule has 0 atom stereocenters. The van der Waals surface area contributed by atoms with Gasteiger partial charge >= 0.3 is 0 Å². The van der Waals surface area contributed by atoms with Crippen molar-refractivity contribution in [3.05, 3.63) is 42.1 Å². The van der Waals surface area contributed by atoms with Crippen molar-refractivity contribution in [3.63, 3.8) is 0 Å². The molecule has 1 aliphatic carbocycles. The van der Waals surface area contributed by atoms with Crippen LogP contribution in [0.2, 0.25) is 0 Å². The molecule has 1 aromatic heterocycles. The van der Waals surface area contributed by atoms with Gasteiger partial charge in [0.15, 0.2) is 0 Å². The van der Waals surface area contributed by atoms with Crippen LogP contribution in [0.15, 0.2) is 36.5 Å². The van der Waals surface area contributed by atoms with Crippen LogP contribution in [-0.2, 0) is 6.54 Å². The molecule has 0 aliphatic heterocycles. The zero-order chi connectivity index (χ0) is 13.1. The molecule has 1 aromatic carbocycles. The van der Waals surface area contributed by atoms with Crippen LogP contribution in [0.4, 0.5) is 0 Å². The zero-order valence-electron chi connectivity index (χ0n) is 11.1. The molecule has 3 nitrogen and oxygen atoms in total. The van der Waals surface area contributed by atoms with Crippen molar-refractivity contribution in [2.24, 2.45) is 0 Å². The maximum atomic E-state index is 10.3. The molecule has 1 saturated carbocycles. The Hall–Kier alpha value is -1.45. The molecule has 2 N–H and O–H groups in total. The molecule has 0 radical (unpaired) electrons. The monoisotopic (exact) mass is 256 g/mol. The van der Waals surface area contributed by atoms with Gasteiger partial charge in [0.05, 0.1) is 11.1 Å². The van der Waals surface area contributed by atoms with Crippen molar-refractivity contribution in [3.8, 4) is 0 Å². The number of nitrogens with one attached hydrogen (secondary N) is 1. The molecule has 1 heterocycles. The Balaban J connectivity index is 1.68. The molecule has 3 rings (SSSR count). The van der Waals surface area contributed by atoms with Crippen LogP contribution in [0.25, 0.3) is 10.9 Å². The van der Waals surface area contributed by atoms with Crippen LogP contribution in [0.1, 0.15) is 31.2 Å². The molecule has 2 aromatic rings. The average molecular weight is 256 g/mol. The second-order valence-electron chi connectivity index (χ2n) is 5.53. The van der Waals surface area contributed by atoms with E-state index in [1.165, 1.54) is 10.9 Å². The number of rotatable bonds is 4. The number of para-hydroxylation sites is 1. The van der Waals surface area contributed by atoms with Gasteiger partial charge in [-0.3, -0.25) is 4.98 Å². The number of aromatic nitrogens is 1. The number of nitrogens with zero attached hydrogens (tertiary/aromatic N) is 1. The van der Waals surface area contributed by atoms with E-state index >= 15 is 0 Å². The van der Waals surface area contributed by atoms with Gasteiger partial charge in [0.25, 0.3) is 0 Å². The Bertz CT molecular complexity index is 556. The maximum absolute atomic E-state index is 10.3. The van der Waals surface area contributed by atoms with Crippen LogP contribution in [0.3, 0.4) is 0 Å². The second-order valence-corrected chi connectivity index (χ2v) is 5.53. The first kappa shape index (κ1) is 12.6. The third-order valence-corrected chi connectivity index (χ3v) is 4.02. The Morgan fingerprint density at radius 1 is 1.16 bits per heavy atom. The quantitative estimate of drug-likeness (QED) is 0.884. The normalized spacial score (nSPS) is 17.9. The predicted molar refractivity (Wildman–Crippen MR) is 76.9 cm³/mol. The lowest BCUT2D eigenvalue weighted by Gasteiger charge is -2.22. The first-order valence-corrected chi connectivity index (χ1v) is 7.03. The molecule has 0 unspecified atom stereocenters. The zero-order valence-corrected chi connectivity index (χ0v) is 11.1. The van der Waals surface area contributed by atoms with Gasteiger partial charge in [0, 0.05) is 24.7 Å². The summed E-state index contributed by atoms with van der Waals surface area (Å²) in [5.41, 5.74) is 1.76. The van der Waals surface area contributed by atoms with E-state index in [1.807, 2.05) is 12.3 Å². The van der Waals surface area contributed by atoms with Gasteiger partial charge in [-0.1, -0.05) is 37.1 Å². The molecule has 0 bridgehead atoms. The second kappa shape index (κ2) is 5.27. The topological polar surface area (TPSA) is 45.1 Å². The van der Waals surface area contributed by atoms with E-state index in [1.54, 1.807) is 0 Å². The van der Waals surface area contributed by atoms with Crippen molar-refractivity contribution >= 4 is 10.9 Å². The molecular weight excluding hydrogens is 236 g/mol. The minimum atomic E-state index is -0.488. The lowest BCUT2D eigenvalue weighted by molar-refractivity contribution is 0.0475. The highest BCUT2D eigenvalue weighted by atomic mass is 16.3. The number of hydrogen-bond acceptors (Lipinski definition) is 3. The highest BCUT2D eigenvalue weighted by Crippen LogP contribution is 2.28. The Morgan fingerprint density at radius 3 is 2.79 bits per heavy atom. The summed E-state index contributed by atoms with van der Waals surface area (Å²) in [4.78, 5) is 4.45. The van der Waals surface area contributed by atoms with Crippen LogP contribution >= 0.6 is 0 Å². The Kier molecular flexibility index (Phi) is 3.49. The molecular formula is C16H20N2O. The summed E-state index contributed by atoms with van der Waals surface area (Å²) in [6.07, 6.45) is 5.97. The summed E-state index contributed by atoms with van der Waals surface area (Å²) >= 11 is 0. The fourth-order valence-electron chi connectivity index (χ4n) is 2.95. The van der Waals surface area contributed by atoms with Gasteiger partial charge < -0.3 is 10.4 Å². The third kappa shape index (κ3) is 2.77. The molecule has 1 fully saturated rings. The van der Waals surface area contributed by atoms with Gasteiger partial charge in [-0.25, -0.2) is 0 Å². The van der Waals surface area contributed by atoms with Crippen molar-refractivity contribution in [2.45, 2.75) is 37.8 Å². The minimum Gasteiger partial charge on any atom is -0.389 e. The average Bonchev–Trinajstić information content (AvgIpc) is 2.86. The SMILES string of the molecule is OC1(CNCc2cccc3cccnc23)CCCC1. The van der Waals surface area contributed by atoms with E-state index in [4.69, 9.17) is 0 Å². The molecule has 19 heavy (non-hydrogen) atoms. The summed E-state index contributed by atoms with van der Waals surface area (Å²) in [7, 11) is 0. The molecule has 1 aliphatic rings. The van der Waals surface area contributed by atoms with E-state index in [9.17, 15) is 5.11 Å². The Morgan fingerprint density at radius 2 is 1.95 bits per heavy atom. The summed E-state index contributed by atoms with van der Waals surface area (Å²) in [6, 6.07) is 10.3. The largest absolute Gasteiger partial charge is 0.389 e. The summed E-state index contributed by atoms with van der Waals surface area (Å²) in [5, 5.41) is 14.9. The number of pyridine rings is 1.